The third-order valence-electron chi connectivity index (χ3n) is 2.45. The molecule has 1 aliphatic heterocycles. The molecular formula is C13H16N2O3S. The molecule has 0 bridgehead atoms. The lowest BCUT2D eigenvalue weighted by Crippen LogP contribution is -2.37. The monoisotopic (exact) mass is 280 g/mol. The first-order valence-corrected chi connectivity index (χ1v) is 6.77. The van der Waals surface area contributed by atoms with Crippen LogP contribution in [0.4, 0.5) is 0 Å². The average molecular weight is 280 g/mol. The maximum atomic E-state index is 12.4. The molecular weight excluding hydrogens is 264 g/mol. The maximum absolute atomic E-state index is 12.4. The van der Waals surface area contributed by atoms with Crippen molar-refractivity contribution in [2.75, 3.05) is 0 Å². The van der Waals surface area contributed by atoms with Gasteiger partial charge in [0.15, 0.2) is 0 Å². The van der Waals surface area contributed by atoms with E-state index in [0.717, 1.165) is 0 Å². The van der Waals surface area contributed by atoms with Gasteiger partial charge in [0.25, 0.3) is 0 Å². The number of carbonyl (C=O) groups is 1. The highest BCUT2D eigenvalue weighted by Crippen LogP contribution is 2.35. The molecule has 6 heteroatoms. The lowest BCUT2D eigenvalue weighted by molar-refractivity contribution is -0.159. The standard InChI is InChI=1S/C13H16N2O3S/c1-12(2,3)18-11(17)13(5-4-6-14-13)10-15-9(7-16)8-19-10/h4-6,8,16H,7H2,1-3H3. The second kappa shape index (κ2) is 4.86. The van der Waals surface area contributed by atoms with Crippen LogP contribution in [0.5, 0.6) is 0 Å². The largest absolute Gasteiger partial charge is 0.458 e. The number of thiazole rings is 1. The first-order chi connectivity index (χ1) is 8.87. The van der Waals surface area contributed by atoms with E-state index in [2.05, 4.69) is 9.98 Å². The van der Waals surface area contributed by atoms with Crippen LogP contribution in [-0.4, -0.2) is 27.9 Å². The molecule has 1 N–H and O–H groups in total. The quantitative estimate of drug-likeness (QED) is 0.857. The van der Waals surface area contributed by atoms with Crippen LogP contribution in [0.3, 0.4) is 0 Å². The summed E-state index contributed by atoms with van der Waals surface area (Å²) in [7, 11) is 0. The van der Waals surface area contributed by atoms with Gasteiger partial charge in [-0.15, -0.1) is 11.3 Å². The van der Waals surface area contributed by atoms with Crippen molar-refractivity contribution < 1.29 is 14.6 Å². The number of aliphatic hydroxyl groups excluding tert-OH is 1. The minimum atomic E-state index is -1.20. The molecule has 19 heavy (non-hydrogen) atoms. The molecule has 0 amide bonds. The molecule has 1 unspecified atom stereocenters. The normalized spacial score (nSPS) is 21.9. The van der Waals surface area contributed by atoms with Crippen molar-refractivity contribution in [1.82, 2.24) is 4.98 Å². The van der Waals surface area contributed by atoms with E-state index in [1.807, 2.05) is 20.8 Å². The number of rotatable bonds is 3. The van der Waals surface area contributed by atoms with Crippen molar-refractivity contribution in [3.63, 3.8) is 0 Å². The molecule has 102 valence electrons. The number of nitrogens with zero attached hydrogens (tertiary/aromatic N) is 2. The van der Waals surface area contributed by atoms with Crippen molar-refractivity contribution in [2.24, 2.45) is 4.99 Å². The van der Waals surface area contributed by atoms with Gasteiger partial charge in [-0.3, -0.25) is 4.99 Å². The fourth-order valence-electron chi connectivity index (χ4n) is 1.63. The summed E-state index contributed by atoms with van der Waals surface area (Å²) in [5, 5.41) is 11.3. The zero-order valence-electron chi connectivity index (χ0n) is 11.1. The first-order valence-electron chi connectivity index (χ1n) is 5.90. The van der Waals surface area contributed by atoms with Gasteiger partial charge in [-0.05, 0) is 32.9 Å². The Bertz CT molecular complexity index is 528. The second-order valence-electron chi connectivity index (χ2n) is 5.21. The number of aliphatic imine (C=N–C) groups is 1. The summed E-state index contributed by atoms with van der Waals surface area (Å²) in [6.45, 7) is 5.26. The number of ether oxygens (including phenoxy) is 1. The molecule has 2 rings (SSSR count). The minimum Gasteiger partial charge on any atom is -0.458 e. The Balaban J connectivity index is 2.36. The number of allylic oxidation sites excluding steroid dienone is 1. The summed E-state index contributed by atoms with van der Waals surface area (Å²) in [4.78, 5) is 20.9. The Kier molecular flexibility index (Phi) is 3.56. The minimum absolute atomic E-state index is 0.158. The zero-order chi connectivity index (χ0) is 14.1. The van der Waals surface area contributed by atoms with Crippen molar-refractivity contribution in [1.29, 1.82) is 0 Å². The van der Waals surface area contributed by atoms with Gasteiger partial charge in [0, 0.05) is 11.6 Å². The number of hydrogen-bond acceptors (Lipinski definition) is 6. The fourth-order valence-corrected chi connectivity index (χ4v) is 2.56. The van der Waals surface area contributed by atoms with E-state index in [1.165, 1.54) is 11.3 Å². The van der Waals surface area contributed by atoms with Crippen LogP contribution in [0.15, 0.2) is 22.5 Å². The van der Waals surface area contributed by atoms with E-state index in [4.69, 9.17) is 9.84 Å². The zero-order valence-corrected chi connectivity index (χ0v) is 11.9. The molecule has 2 heterocycles. The van der Waals surface area contributed by atoms with Gasteiger partial charge < -0.3 is 9.84 Å². The number of aliphatic hydroxyl groups is 1. The van der Waals surface area contributed by atoms with Gasteiger partial charge in [0.1, 0.15) is 10.6 Å². The van der Waals surface area contributed by atoms with Gasteiger partial charge in [-0.25, -0.2) is 9.78 Å². The Morgan fingerprint density at radius 2 is 2.26 bits per heavy atom. The van der Waals surface area contributed by atoms with E-state index < -0.39 is 17.1 Å². The molecule has 0 saturated heterocycles. The molecule has 1 aromatic rings. The Labute approximate surface area is 115 Å². The molecule has 0 spiro atoms. The molecule has 0 saturated carbocycles. The van der Waals surface area contributed by atoms with Crippen molar-refractivity contribution in [3.05, 3.63) is 28.2 Å². The van der Waals surface area contributed by atoms with E-state index >= 15 is 0 Å². The highest BCUT2D eigenvalue weighted by atomic mass is 32.1. The van der Waals surface area contributed by atoms with E-state index in [-0.39, 0.29) is 6.61 Å². The van der Waals surface area contributed by atoms with E-state index in [0.29, 0.717) is 10.7 Å². The molecule has 0 aromatic carbocycles. The van der Waals surface area contributed by atoms with Crippen LogP contribution < -0.4 is 0 Å². The van der Waals surface area contributed by atoms with Gasteiger partial charge in [0.05, 0.1) is 12.3 Å². The van der Waals surface area contributed by atoms with E-state index in [1.54, 1.807) is 23.7 Å². The average Bonchev–Trinajstić information content (AvgIpc) is 2.96. The van der Waals surface area contributed by atoms with Crippen LogP contribution in [0, 0.1) is 0 Å². The maximum Gasteiger partial charge on any atom is 0.345 e. The van der Waals surface area contributed by atoms with Gasteiger partial charge in [0.2, 0.25) is 5.54 Å². The smallest absolute Gasteiger partial charge is 0.345 e. The van der Waals surface area contributed by atoms with Crippen LogP contribution in [-0.2, 0) is 21.7 Å². The summed E-state index contributed by atoms with van der Waals surface area (Å²) in [5.74, 6) is -0.455. The lowest BCUT2D eigenvalue weighted by atomic mass is 10.0. The molecule has 0 radical (unpaired) electrons. The first kappa shape index (κ1) is 13.9. The van der Waals surface area contributed by atoms with Gasteiger partial charge >= 0.3 is 5.97 Å². The number of hydrogen-bond donors (Lipinski definition) is 1. The Hall–Kier alpha value is -1.53. The second-order valence-corrected chi connectivity index (χ2v) is 6.07. The predicted molar refractivity (Wildman–Crippen MR) is 73.2 cm³/mol. The predicted octanol–water partition coefficient (Wildman–Crippen LogP) is 1.81. The van der Waals surface area contributed by atoms with Crippen molar-refractivity contribution in [2.45, 2.75) is 38.5 Å². The third-order valence-corrected chi connectivity index (χ3v) is 3.47. The summed E-state index contributed by atoms with van der Waals surface area (Å²) in [6, 6.07) is 0. The van der Waals surface area contributed by atoms with E-state index in [9.17, 15) is 4.79 Å². The Morgan fingerprint density at radius 1 is 1.53 bits per heavy atom. The number of aromatic nitrogens is 1. The topological polar surface area (TPSA) is 71.8 Å². The van der Waals surface area contributed by atoms with Crippen LogP contribution in [0.2, 0.25) is 0 Å². The summed E-state index contributed by atoms with van der Waals surface area (Å²) >= 11 is 1.29. The summed E-state index contributed by atoms with van der Waals surface area (Å²) < 4.78 is 5.42. The Morgan fingerprint density at radius 3 is 2.74 bits per heavy atom. The van der Waals surface area contributed by atoms with Crippen LogP contribution in [0.1, 0.15) is 31.5 Å². The molecule has 0 aliphatic carbocycles. The highest BCUT2D eigenvalue weighted by molar-refractivity contribution is 7.10. The molecule has 1 aromatic heterocycles. The van der Waals surface area contributed by atoms with Crippen molar-refractivity contribution in [3.8, 4) is 0 Å². The lowest BCUT2D eigenvalue weighted by Gasteiger charge is -2.26. The summed E-state index contributed by atoms with van der Waals surface area (Å²) in [6.07, 6.45) is 4.93. The molecule has 1 aliphatic rings. The third kappa shape index (κ3) is 2.74. The molecule has 0 fully saturated rings. The van der Waals surface area contributed by atoms with Crippen LogP contribution >= 0.6 is 11.3 Å². The van der Waals surface area contributed by atoms with Gasteiger partial charge in [-0.2, -0.15) is 0 Å². The van der Waals surface area contributed by atoms with Crippen molar-refractivity contribution >= 4 is 23.5 Å². The SMILES string of the molecule is CC(C)(C)OC(=O)C1(c2nc(CO)cs2)C=CC=N1. The van der Waals surface area contributed by atoms with Gasteiger partial charge in [-0.1, -0.05) is 0 Å². The molecule has 1 atom stereocenters. The fraction of sp³-hybridized carbons (Fsp3) is 0.462. The molecule has 5 nitrogen and oxygen atoms in total. The summed E-state index contributed by atoms with van der Waals surface area (Å²) in [5.41, 5.74) is -1.27. The van der Waals surface area contributed by atoms with Crippen LogP contribution in [0.25, 0.3) is 0 Å². The number of esters is 1. The number of carbonyl (C=O) groups excluding carboxylic acids is 1. The highest BCUT2D eigenvalue weighted by Gasteiger charge is 2.44.